The van der Waals surface area contributed by atoms with Crippen LogP contribution in [-0.4, -0.2) is 17.3 Å². The second kappa shape index (κ2) is 6.60. The molecule has 0 heterocycles. The maximum atomic E-state index is 13.1. The summed E-state index contributed by atoms with van der Waals surface area (Å²) in [6.07, 6.45) is 4.07. The molecule has 1 amide bonds. The summed E-state index contributed by atoms with van der Waals surface area (Å²) >= 11 is 8.10. The van der Waals surface area contributed by atoms with Gasteiger partial charge in [-0.25, -0.2) is 4.39 Å². The third-order valence-electron chi connectivity index (χ3n) is 3.90. The molecule has 1 fully saturated rings. The highest BCUT2D eigenvalue weighted by molar-refractivity contribution is 14.1. The Balaban J connectivity index is 2.16. The summed E-state index contributed by atoms with van der Waals surface area (Å²) in [5.41, 5.74) is 0.183. The van der Waals surface area contributed by atoms with E-state index in [0.29, 0.717) is 20.9 Å². The fourth-order valence-electron chi connectivity index (χ4n) is 2.91. The number of benzene rings is 1. The van der Waals surface area contributed by atoms with Crippen LogP contribution in [0.4, 0.5) is 4.39 Å². The van der Waals surface area contributed by atoms with Crippen LogP contribution in [0.15, 0.2) is 18.2 Å². The van der Waals surface area contributed by atoms with Crippen molar-refractivity contribution in [3.05, 3.63) is 33.1 Å². The lowest BCUT2D eigenvalue weighted by Crippen LogP contribution is -2.52. The Morgan fingerprint density at radius 3 is 2.95 bits per heavy atom. The number of amides is 1. The summed E-state index contributed by atoms with van der Waals surface area (Å²) in [6, 6.07) is 4.21. The van der Waals surface area contributed by atoms with Gasteiger partial charge in [-0.3, -0.25) is 4.79 Å². The van der Waals surface area contributed by atoms with E-state index >= 15 is 0 Å². The Hall–Kier alpha value is -0.360. The fraction of sp³-hybridized carbons (Fsp3) is 0.533. The van der Waals surface area contributed by atoms with Gasteiger partial charge in [-0.15, -0.1) is 11.6 Å². The van der Waals surface area contributed by atoms with Gasteiger partial charge in [-0.1, -0.05) is 19.8 Å². The fourth-order valence-corrected chi connectivity index (χ4v) is 3.94. The predicted molar refractivity (Wildman–Crippen MR) is 87.7 cm³/mol. The molecule has 1 aromatic rings. The van der Waals surface area contributed by atoms with Gasteiger partial charge in [0.2, 0.25) is 0 Å². The van der Waals surface area contributed by atoms with Crippen molar-refractivity contribution in [3.63, 3.8) is 0 Å². The number of rotatable bonds is 3. The van der Waals surface area contributed by atoms with Crippen molar-refractivity contribution in [2.24, 2.45) is 5.92 Å². The second-order valence-corrected chi connectivity index (χ2v) is 7.12. The molecular weight excluding hydrogens is 392 g/mol. The van der Waals surface area contributed by atoms with Crippen LogP contribution in [0.1, 0.15) is 43.0 Å². The topological polar surface area (TPSA) is 29.1 Å². The van der Waals surface area contributed by atoms with Gasteiger partial charge in [-0.2, -0.15) is 0 Å². The summed E-state index contributed by atoms with van der Waals surface area (Å²) in [7, 11) is 0. The lowest BCUT2D eigenvalue weighted by molar-refractivity contribution is 0.0866. The van der Waals surface area contributed by atoms with Crippen molar-refractivity contribution in [2.75, 3.05) is 5.88 Å². The molecule has 0 saturated heterocycles. The van der Waals surface area contributed by atoms with Gasteiger partial charge < -0.3 is 5.32 Å². The van der Waals surface area contributed by atoms with Gasteiger partial charge >= 0.3 is 0 Å². The van der Waals surface area contributed by atoms with Crippen LogP contribution in [0.5, 0.6) is 0 Å². The zero-order valence-corrected chi connectivity index (χ0v) is 14.3. The van der Waals surface area contributed by atoms with Crippen molar-refractivity contribution in [3.8, 4) is 0 Å². The second-order valence-electron chi connectivity index (χ2n) is 5.69. The van der Waals surface area contributed by atoms with E-state index in [2.05, 4.69) is 12.2 Å². The van der Waals surface area contributed by atoms with E-state index in [1.165, 1.54) is 24.6 Å². The highest BCUT2D eigenvalue weighted by atomic mass is 127. The van der Waals surface area contributed by atoms with Crippen LogP contribution in [0.3, 0.4) is 0 Å². The summed E-state index contributed by atoms with van der Waals surface area (Å²) in [4.78, 5) is 12.4. The Kier molecular flexibility index (Phi) is 5.29. The molecule has 2 rings (SSSR count). The third kappa shape index (κ3) is 3.64. The monoisotopic (exact) mass is 409 g/mol. The van der Waals surface area contributed by atoms with E-state index in [9.17, 15) is 9.18 Å². The van der Waals surface area contributed by atoms with Gasteiger partial charge in [0, 0.05) is 9.45 Å². The number of halogens is 3. The normalized spacial score (nSPS) is 26.3. The standard InChI is InChI=1S/C15H18ClFINO/c1-10-3-2-6-15(8-10,9-16)19-14(20)12-5-4-11(17)7-13(12)18/h4-5,7,10H,2-3,6,8-9H2,1H3,(H,19,20). The predicted octanol–water partition coefficient (Wildman–Crippen LogP) is 4.35. The molecule has 0 bridgehead atoms. The first kappa shape index (κ1) is 16.0. The first-order valence-electron chi connectivity index (χ1n) is 6.79. The van der Waals surface area contributed by atoms with E-state index in [1.807, 2.05) is 22.6 Å². The molecule has 0 aromatic heterocycles. The van der Waals surface area contributed by atoms with Crippen LogP contribution in [0.25, 0.3) is 0 Å². The number of carbonyl (C=O) groups is 1. The molecule has 2 nitrogen and oxygen atoms in total. The van der Waals surface area contributed by atoms with Crippen molar-refractivity contribution in [1.82, 2.24) is 5.32 Å². The highest BCUT2D eigenvalue weighted by Crippen LogP contribution is 2.33. The van der Waals surface area contributed by atoms with Gasteiger partial charge in [0.1, 0.15) is 5.82 Å². The Morgan fingerprint density at radius 2 is 2.35 bits per heavy atom. The van der Waals surface area contributed by atoms with E-state index < -0.39 is 0 Å². The van der Waals surface area contributed by atoms with E-state index in [4.69, 9.17) is 11.6 Å². The van der Waals surface area contributed by atoms with Crippen LogP contribution in [0.2, 0.25) is 0 Å². The molecule has 5 heteroatoms. The zero-order chi connectivity index (χ0) is 14.8. The number of hydrogen-bond acceptors (Lipinski definition) is 1. The molecule has 1 aliphatic rings. The Morgan fingerprint density at radius 1 is 1.60 bits per heavy atom. The van der Waals surface area contributed by atoms with Crippen molar-refractivity contribution < 1.29 is 9.18 Å². The number of alkyl halides is 1. The molecule has 0 spiro atoms. The maximum Gasteiger partial charge on any atom is 0.252 e. The van der Waals surface area contributed by atoms with Crippen LogP contribution >= 0.6 is 34.2 Å². The highest BCUT2D eigenvalue weighted by Gasteiger charge is 2.36. The smallest absolute Gasteiger partial charge is 0.252 e. The minimum atomic E-state index is -0.329. The van der Waals surface area contributed by atoms with E-state index in [1.54, 1.807) is 0 Å². The molecule has 110 valence electrons. The molecule has 2 unspecified atom stereocenters. The third-order valence-corrected chi connectivity index (χ3v) is 5.31. The van der Waals surface area contributed by atoms with Crippen molar-refractivity contribution in [2.45, 2.75) is 38.1 Å². The van der Waals surface area contributed by atoms with Gasteiger partial charge in [0.25, 0.3) is 5.91 Å². The molecule has 20 heavy (non-hydrogen) atoms. The molecule has 1 aromatic carbocycles. The quantitative estimate of drug-likeness (QED) is 0.584. The summed E-state index contributed by atoms with van der Waals surface area (Å²) in [6.45, 7) is 2.19. The first-order chi connectivity index (χ1) is 9.46. The Labute approximate surface area is 137 Å². The maximum absolute atomic E-state index is 13.1. The Bertz CT molecular complexity index is 511. The zero-order valence-electron chi connectivity index (χ0n) is 11.4. The average Bonchev–Trinajstić information content (AvgIpc) is 2.38. The van der Waals surface area contributed by atoms with E-state index in [0.717, 1.165) is 19.3 Å². The van der Waals surface area contributed by atoms with Crippen molar-refractivity contribution in [1.29, 1.82) is 0 Å². The molecule has 0 aliphatic heterocycles. The lowest BCUT2D eigenvalue weighted by atomic mass is 9.77. The SMILES string of the molecule is CC1CCCC(CCl)(NC(=O)c2ccc(F)cc2I)C1. The summed E-state index contributed by atoms with van der Waals surface area (Å²) in [5, 5.41) is 3.09. The number of nitrogens with one attached hydrogen (secondary N) is 1. The van der Waals surface area contributed by atoms with Gasteiger partial charge in [0.05, 0.1) is 11.1 Å². The average molecular weight is 410 g/mol. The lowest BCUT2D eigenvalue weighted by Gasteiger charge is -2.39. The number of hydrogen-bond donors (Lipinski definition) is 1. The minimum absolute atomic E-state index is 0.163. The molecular formula is C15H18ClFINO. The van der Waals surface area contributed by atoms with E-state index in [-0.39, 0.29) is 17.3 Å². The van der Waals surface area contributed by atoms with Crippen LogP contribution in [-0.2, 0) is 0 Å². The van der Waals surface area contributed by atoms with Crippen LogP contribution in [0, 0.1) is 15.3 Å². The first-order valence-corrected chi connectivity index (χ1v) is 8.41. The largest absolute Gasteiger partial charge is 0.345 e. The van der Waals surface area contributed by atoms with Crippen molar-refractivity contribution >= 4 is 40.1 Å². The molecule has 1 N–H and O–H groups in total. The minimum Gasteiger partial charge on any atom is -0.345 e. The summed E-state index contributed by atoms with van der Waals surface area (Å²) < 4.78 is 13.7. The van der Waals surface area contributed by atoms with Gasteiger partial charge in [0.15, 0.2) is 0 Å². The number of carbonyl (C=O) groups excluding carboxylic acids is 1. The van der Waals surface area contributed by atoms with Crippen LogP contribution < -0.4 is 5.32 Å². The molecule has 1 saturated carbocycles. The van der Waals surface area contributed by atoms with Gasteiger partial charge in [-0.05, 0) is 59.5 Å². The molecule has 1 aliphatic carbocycles. The summed E-state index contributed by atoms with van der Waals surface area (Å²) in [5.74, 6) is 0.490. The molecule has 0 radical (unpaired) electrons. The molecule has 2 atom stereocenters.